The third kappa shape index (κ3) is 5.22. The Morgan fingerprint density at radius 3 is 2.86 bits per heavy atom. The highest BCUT2D eigenvalue weighted by molar-refractivity contribution is 6.32. The summed E-state index contributed by atoms with van der Waals surface area (Å²) < 4.78 is 16.4. The van der Waals surface area contributed by atoms with Gasteiger partial charge in [-0.15, -0.1) is 12.4 Å². The second-order valence-electron chi connectivity index (χ2n) is 4.81. The zero-order chi connectivity index (χ0) is 14.4. The lowest BCUT2D eigenvalue weighted by Gasteiger charge is -2.14. The number of nitrogens with one attached hydrogen (secondary N) is 1. The van der Waals surface area contributed by atoms with E-state index in [0.717, 1.165) is 38.1 Å². The normalized spacial score (nSPS) is 17.4. The van der Waals surface area contributed by atoms with Gasteiger partial charge in [0.15, 0.2) is 11.5 Å². The van der Waals surface area contributed by atoms with Crippen molar-refractivity contribution in [2.75, 3.05) is 26.9 Å². The molecule has 1 saturated heterocycles. The number of hydrogen-bond donors (Lipinski definition) is 1. The molecule has 2 rings (SSSR count). The van der Waals surface area contributed by atoms with Crippen molar-refractivity contribution < 1.29 is 14.2 Å². The fourth-order valence-corrected chi connectivity index (χ4v) is 2.68. The molecule has 1 aromatic carbocycles. The monoisotopic (exact) mass is 335 g/mol. The first kappa shape index (κ1) is 18.4. The molecule has 0 aromatic heterocycles. The summed E-state index contributed by atoms with van der Waals surface area (Å²) in [5.41, 5.74) is 1.08. The summed E-state index contributed by atoms with van der Waals surface area (Å²) in [4.78, 5) is 0. The zero-order valence-electron chi connectivity index (χ0n) is 12.5. The highest BCUT2D eigenvalue weighted by Gasteiger charge is 2.15. The highest BCUT2D eigenvalue weighted by Crippen LogP contribution is 2.36. The Kier molecular flexibility index (Phi) is 8.19. The molecule has 0 bridgehead atoms. The molecule has 1 unspecified atom stereocenters. The molecule has 120 valence electrons. The van der Waals surface area contributed by atoms with Crippen LogP contribution in [0, 0.1) is 0 Å². The van der Waals surface area contributed by atoms with Crippen LogP contribution in [0.4, 0.5) is 0 Å². The van der Waals surface area contributed by atoms with Gasteiger partial charge in [-0.3, -0.25) is 0 Å². The predicted octanol–water partition coefficient (Wildman–Crippen LogP) is 3.44. The lowest BCUT2D eigenvalue weighted by molar-refractivity contribution is 0.110. The van der Waals surface area contributed by atoms with Crippen molar-refractivity contribution in [2.24, 2.45) is 0 Å². The molecule has 1 N–H and O–H groups in total. The summed E-state index contributed by atoms with van der Waals surface area (Å²) >= 11 is 6.22. The Labute approximate surface area is 137 Å². The van der Waals surface area contributed by atoms with Gasteiger partial charge in [0.1, 0.15) is 0 Å². The van der Waals surface area contributed by atoms with Gasteiger partial charge < -0.3 is 19.5 Å². The number of benzene rings is 1. The van der Waals surface area contributed by atoms with E-state index in [2.05, 4.69) is 5.32 Å². The summed E-state index contributed by atoms with van der Waals surface area (Å²) in [7, 11) is 1.60. The van der Waals surface area contributed by atoms with Gasteiger partial charge in [-0.05, 0) is 37.5 Å². The summed E-state index contributed by atoms with van der Waals surface area (Å²) in [6, 6.07) is 3.88. The maximum atomic E-state index is 6.22. The van der Waals surface area contributed by atoms with E-state index in [1.807, 2.05) is 19.1 Å². The van der Waals surface area contributed by atoms with E-state index in [1.165, 1.54) is 0 Å². The molecule has 1 atom stereocenters. The second-order valence-corrected chi connectivity index (χ2v) is 5.22. The first-order valence-corrected chi connectivity index (χ1v) is 7.44. The molecule has 6 heteroatoms. The van der Waals surface area contributed by atoms with Crippen LogP contribution < -0.4 is 14.8 Å². The molecular weight excluding hydrogens is 313 g/mol. The molecule has 1 heterocycles. The molecule has 0 saturated carbocycles. The Hall–Kier alpha value is -0.680. The molecule has 0 amide bonds. The van der Waals surface area contributed by atoms with E-state index in [0.29, 0.717) is 29.2 Å². The number of rotatable bonds is 7. The van der Waals surface area contributed by atoms with Gasteiger partial charge in [0, 0.05) is 19.7 Å². The first-order valence-electron chi connectivity index (χ1n) is 7.06. The minimum absolute atomic E-state index is 0. The summed E-state index contributed by atoms with van der Waals surface area (Å²) in [6.45, 7) is 5.02. The van der Waals surface area contributed by atoms with Gasteiger partial charge in [0.05, 0.1) is 24.8 Å². The van der Waals surface area contributed by atoms with E-state index < -0.39 is 0 Å². The SMILES string of the molecule is CCOc1cc(CNCC2CCCO2)cc(Cl)c1OC.Cl. The lowest BCUT2D eigenvalue weighted by Crippen LogP contribution is -2.25. The Balaban J connectivity index is 0.00000220. The predicted molar refractivity (Wildman–Crippen MR) is 87.1 cm³/mol. The van der Waals surface area contributed by atoms with Gasteiger partial charge in [-0.2, -0.15) is 0 Å². The van der Waals surface area contributed by atoms with E-state index in [-0.39, 0.29) is 12.4 Å². The fourth-order valence-electron chi connectivity index (χ4n) is 2.37. The van der Waals surface area contributed by atoms with Crippen LogP contribution in [-0.4, -0.2) is 33.0 Å². The average molecular weight is 336 g/mol. The van der Waals surface area contributed by atoms with Crippen LogP contribution in [0.2, 0.25) is 5.02 Å². The standard InChI is InChI=1S/C15H22ClNO3.ClH/c1-3-19-14-8-11(7-13(16)15(14)18-2)9-17-10-12-5-4-6-20-12;/h7-8,12,17H,3-6,9-10H2,1-2H3;1H. The third-order valence-corrected chi connectivity index (χ3v) is 3.58. The van der Waals surface area contributed by atoms with Crippen LogP contribution in [0.3, 0.4) is 0 Å². The molecule has 0 spiro atoms. The van der Waals surface area contributed by atoms with E-state index >= 15 is 0 Å². The minimum atomic E-state index is 0. The van der Waals surface area contributed by atoms with Crippen molar-refractivity contribution in [3.8, 4) is 11.5 Å². The van der Waals surface area contributed by atoms with Crippen LogP contribution in [0.25, 0.3) is 0 Å². The lowest BCUT2D eigenvalue weighted by atomic mass is 10.2. The minimum Gasteiger partial charge on any atom is -0.491 e. The molecule has 1 fully saturated rings. The number of halogens is 2. The van der Waals surface area contributed by atoms with Crippen molar-refractivity contribution in [3.63, 3.8) is 0 Å². The second kappa shape index (κ2) is 9.36. The maximum Gasteiger partial charge on any atom is 0.179 e. The molecule has 0 aliphatic carbocycles. The summed E-state index contributed by atoms with van der Waals surface area (Å²) in [5.74, 6) is 1.29. The van der Waals surface area contributed by atoms with Gasteiger partial charge in [0.2, 0.25) is 0 Å². The molecule has 1 aliphatic heterocycles. The van der Waals surface area contributed by atoms with Gasteiger partial charge in [-0.25, -0.2) is 0 Å². The van der Waals surface area contributed by atoms with Gasteiger partial charge in [-0.1, -0.05) is 11.6 Å². The van der Waals surface area contributed by atoms with Crippen LogP contribution >= 0.6 is 24.0 Å². The molecule has 0 radical (unpaired) electrons. The largest absolute Gasteiger partial charge is 0.491 e. The van der Waals surface area contributed by atoms with E-state index in [1.54, 1.807) is 7.11 Å². The first-order chi connectivity index (χ1) is 9.74. The van der Waals surface area contributed by atoms with Crippen LogP contribution in [0.1, 0.15) is 25.3 Å². The summed E-state index contributed by atoms with van der Waals surface area (Å²) in [5, 5.41) is 3.97. The number of ether oxygens (including phenoxy) is 3. The van der Waals surface area contributed by atoms with Crippen molar-refractivity contribution in [1.29, 1.82) is 0 Å². The van der Waals surface area contributed by atoms with E-state index in [4.69, 9.17) is 25.8 Å². The Morgan fingerprint density at radius 2 is 2.24 bits per heavy atom. The molecular formula is C15H23Cl2NO3. The van der Waals surface area contributed by atoms with Crippen molar-refractivity contribution in [3.05, 3.63) is 22.7 Å². The highest BCUT2D eigenvalue weighted by atomic mass is 35.5. The van der Waals surface area contributed by atoms with Crippen molar-refractivity contribution in [1.82, 2.24) is 5.32 Å². The Morgan fingerprint density at radius 1 is 1.43 bits per heavy atom. The van der Waals surface area contributed by atoms with Crippen LogP contribution in [-0.2, 0) is 11.3 Å². The summed E-state index contributed by atoms with van der Waals surface area (Å²) in [6.07, 6.45) is 2.64. The molecule has 4 nitrogen and oxygen atoms in total. The quantitative estimate of drug-likeness (QED) is 0.828. The third-order valence-electron chi connectivity index (χ3n) is 3.30. The maximum absolute atomic E-state index is 6.22. The topological polar surface area (TPSA) is 39.7 Å². The molecule has 1 aromatic rings. The van der Waals surface area contributed by atoms with Crippen molar-refractivity contribution >= 4 is 24.0 Å². The average Bonchev–Trinajstić information content (AvgIpc) is 2.92. The smallest absolute Gasteiger partial charge is 0.179 e. The number of methoxy groups -OCH3 is 1. The number of hydrogen-bond acceptors (Lipinski definition) is 4. The molecule has 21 heavy (non-hydrogen) atoms. The van der Waals surface area contributed by atoms with Crippen LogP contribution in [0.5, 0.6) is 11.5 Å². The van der Waals surface area contributed by atoms with Crippen LogP contribution in [0.15, 0.2) is 12.1 Å². The van der Waals surface area contributed by atoms with Gasteiger partial charge >= 0.3 is 0 Å². The fraction of sp³-hybridized carbons (Fsp3) is 0.600. The van der Waals surface area contributed by atoms with Gasteiger partial charge in [0.25, 0.3) is 0 Å². The Bertz CT molecular complexity index is 437. The van der Waals surface area contributed by atoms with E-state index in [9.17, 15) is 0 Å². The molecule has 1 aliphatic rings. The zero-order valence-corrected chi connectivity index (χ0v) is 14.1. The van der Waals surface area contributed by atoms with Crippen molar-refractivity contribution in [2.45, 2.75) is 32.4 Å².